The van der Waals surface area contributed by atoms with E-state index in [1.807, 2.05) is 0 Å². The van der Waals surface area contributed by atoms with Crippen LogP contribution < -0.4 is 0 Å². The molecule has 3 rings (SSSR count). The Bertz CT molecular complexity index is 417. The van der Waals surface area contributed by atoms with Crippen molar-refractivity contribution in [2.45, 2.75) is 38.0 Å². The zero-order chi connectivity index (χ0) is 13.1. The van der Waals surface area contributed by atoms with Crippen LogP contribution in [0.15, 0.2) is 24.3 Å². The van der Waals surface area contributed by atoms with Crippen molar-refractivity contribution in [2.75, 3.05) is 25.5 Å². The Morgan fingerprint density at radius 1 is 1.16 bits per heavy atom. The summed E-state index contributed by atoms with van der Waals surface area (Å²) in [5.74, 6) is 2.30. The smallest absolute Gasteiger partial charge is 0.0263 e. The van der Waals surface area contributed by atoms with Gasteiger partial charge in [0.1, 0.15) is 0 Å². The Morgan fingerprint density at radius 3 is 2.95 bits per heavy atom. The van der Waals surface area contributed by atoms with Gasteiger partial charge < -0.3 is 4.90 Å². The predicted molar refractivity (Wildman–Crippen MR) is 82.0 cm³/mol. The third-order valence-electron chi connectivity index (χ3n) is 4.79. The second-order valence-electron chi connectivity index (χ2n) is 6.21. The minimum Gasteiger partial charge on any atom is -0.302 e. The summed E-state index contributed by atoms with van der Waals surface area (Å²) in [6.07, 6.45) is 6.64. The minimum atomic E-state index is 0.717. The number of rotatable bonds is 3. The van der Waals surface area contributed by atoms with Crippen molar-refractivity contribution in [3.05, 3.63) is 35.4 Å². The number of aryl methyl sites for hydroxylation is 1. The maximum absolute atomic E-state index is 6.04. The molecule has 1 aliphatic carbocycles. The lowest BCUT2D eigenvalue weighted by Crippen LogP contribution is -2.39. The molecule has 1 nitrogen and oxygen atoms in total. The quantitative estimate of drug-likeness (QED) is 0.753. The first kappa shape index (κ1) is 13.5. The van der Waals surface area contributed by atoms with Crippen molar-refractivity contribution in [1.82, 2.24) is 4.90 Å². The van der Waals surface area contributed by atoms with Crippen LogP contribution in [-0.4, -0.2) is 30.4 Å². The summed E-state index contributed by atoms with van der Waals surface area (Å²) in [6.45, 7) is 3.72. The molecule has 0 aromatic heterocycles. The molecule has 0 N–H and O–H groups in total. The van der Waals surface area contributed by atoms with E-state index in [1.165, 1.54) is 51.7 Å². The van der Waals surface area contributed by atoms with Crippen molar-refractivity contribution >= 4 is 11.6 Å². The lowest BCUT2D eigenvalue weighted by atomic mass is 9.82. The zero-order valence-corrected chi connectivity index (χ0v) is 12.4. The number of hydrogen-bond donors (Lipinski definition) is 0. The van der Waals surface area contributed by atoms with Crippen molar-refractivity contribution in [3.8, 4) is 0 Å². The largest absolute Gasteiger partial charge is 0.302 e. The molecule has 1 aromatic carbocycles. The maximum atomic E-state index is 6.04. The number of nitrogens with zero attached hydrogens (tertiary/aromatic N) is 1. The third kappa shape index (κ3) is 3.14. The standard InChI is InChI=1S/C17H24ClN/c18-11-14-5-4-10-19(12-14)13-16-8-3-7-15-6-1-2-9-17(15)16/h1-2,6,9,14,16H,3-5,7-8,10-13H2. The molecule has 1 aromatic rings. The number of piperidine rings is 1. The Morgan fingerprint density at radius 2 is 2.05 bits per heavy atom. The highest BCUT2D eigenvalue weighted by atomic mass is 35.5. The van der Waals surface area contributed by atoms with Gasteiger partial charge in [-0.15, -0.1) is 11.6 Å². The van der Waals surface area contributed by atoms with Crippen LogP contribution in [0, 0.1) is 5.92 Å². The van der Waals surface area contributed by atoms with Gasteiger partial charge in [0, 0.05) is 19.0 Å². The molecular weight excluding hydrogens is 254 g/mol. The number of fused-ring (bicyclic) bond motifs is 1. The molecule has 2 aliphatic rings. The van der Waals surface area contributed by atoms with Gasteiger partial charge in [0.05, 0.1) is 0 Å². The van der Waals surface area contributed by atoms with Gasteiger partial charge in [-0.1, -0.05) is 24.3 Å². The van der Waals surface area contributed by atoms with E-state index in [2.05, 4.69) is 29.2 Å². The van der Waals surface area contributed by atoms with Crippen LogP contribution in [0.25, 0.3) is 0 Å². The van der Waals surface area contributed by atoms with Crippen LogP contribution >= 0.6 is 11.6 Å². The van der Waals surface area contributed by atoms with Crippen molar-refractivity contribution in [2.24, 2.45) is 5.92 Å². The van der Waals surface area contributed by atoms with Crippen LogP contribution in [0.1, 0.15) is 42.7 Å². The average Bonchev–Trinajstić information content (AvgIpc) is 2.48. The molecule has 104 valence electrons. The summed E-state index contributed by atoms with van der Waals surface area (Å²) in [7, 11) is 0. The van der Waals surface area contributed by atoms with E-state index in [4.69, 9.17) is 11.6 Å². The van der Waals surface area contributed by atoms with Crippen molar-refractivity contribution in [1.29, 1.82) is 0 Å². The maximum Gasteiger partial charge on any atom is 0.0263 e. The van der Waals surface area contributed by atoms with Gasteiger partial charge >= 0.3 is 0 Å². The SMILES string of the molecule is ClCC1CCCN(CC2CCCc3ccccc32)C1. The van der Waals surface area contributed by atoms with E-state index in [0.717, 1.165) is 11.8 Å². The van der Waals surface area contributed by atoms with Gasteiger partial charge in [0.2, 0.25) is 0 Å². The van der Waals surface area contributed by atoms with Crippen LogP contribution in [0.5, 0.6) is 0 Å². The van der Waals surface area contributed by atoms with Crippen LogP contribution in [0.3, 0.4) is 0 Å². The number of halogens is 1. The van der Waals surface area contributed by atoms with Crippen molar-refractivity contribution in [3.63, 3.8) is 0 Å². The summed E-state index contributed by atoms with van der Waals surface area (Å²) < 4.78 is 0. The third-order valence-corrected chi connectivity index (χ3v) is 5.23. The van der Waals surface area contributed by atoms with E-state index in [0.29, 0.717) is 5.92 Å². The Kier molecular flexibility index (Phi) is 4.45. The molecule has 2 heteroatoms. The molecule has 2 unspecified atom stereocenters. The Hall–Kier alpha value is -0.530. The fourth-order valence-electron chi connectivity index (χ4n) is 3.80. The molecule has 0 saturated carbocycles. The summed E-state index contributed by atoms with van der Waals surface area (Å²) in [5, 5.41) is 0. The number of benzene rings is 1. The molecule has 19 heavy (non-hydrogen) atoms. The number of alkyl halides is 1. The van der Waals surface area contributed by atoms with Gasteiger partial charge in [0.25, 0.3) is 0 Å². The highest BCUT2D eigenvalue weighted by molar-refractivity contribution is 6.18. The molecule has 1 saturated heterocycles. The van der Waals surface area contributed by atoms with E-state index in [1.54, 1.807) is 11.1 Å². The van der Waals surface area contributed by atoms with Crippen LogP contribution in [-0.2, 0) is 6.42 Å². The summed E-state index contributed by atoms with van der Waals surface area (Å²) in [6, 6.07) is 9.06. The van der Waals surface area contributed by atoms with Gasteiger partial charge in [-0.25, -0.2) is 0 Å². The second kappa shape index (κ2) is 6.28. The second-order valence-corrected chi connectivity index (χ2v) is 6.52. The topological polar surface area (TPSA) is 3.24 Å². The Labute approximate surface area is 121 Å². The van der Waals surface area contributed by atoms with Crippen molar-refractivity contribution < 1.29 is 0 Å². The fourth-order valence-corrected chi connectivity index (χ4v) is 4.05. The van der Waals surface area contributed by atoms with Gasteiger partial charge in [-0.3, -0.25) is 0 Å². The summed E-state index contributed by atoms with van der Waals surface area (Å²) in [5.41, 5.74) is 3.20. The first-order chi connectivity index (χ1) is 9.36. The van der Waals surface area contributed by atoms with E-state index in [-0.39, 0.29) is 0 Å². The highest BCUT2D eigenvalue weighted by Crippen LogP contribution is 2.33. The van der Waals surface area contributed by atoms with Gasteiger partial charge in [-0.2, -0.15) is 0 Å². The first-order valence-electron chi connectivity index (χ1n) is 7.73. The molecule has 0 amide bonds. The van der Waals surface area contributed by atoms with Crippen LogP contribution in [0.2, 0.25) is 0 Å². The number of hydrogen-bond acceptors (Lipinski definition) is 1. The first-order valence-corrected chi connectivity index (χ1v) is 8.26. The van der Waals surface area contributed by atoms with Gasteiger partial charge in [-0.05, 0) is 61.6 Å². The predicted octanol–water partition coefficient (Wildman–Crippen LogP) is 4.06. The summed E-state index contributed by atoms with van der Waals surface area (Å²) in [4.78, 5) is 2.66. The minimum absolute atomic E-state index is 0.717. The molecule has 0 spiro atoms. The number of likely N-dealkylation sites (tertiary alicyclic amines) is 1. The van der Waals surface area contributed by atoms with E-state index in [9.17, 15) is 0 Å². The molecular formula is C17H24ClN. The normalized spacial score (nSPS) is 28.1. The fraction of sp³-hybridized carbons (Fsp3) is 0.647. The molecule has 0 bridgehead atoms. The van der Waals surface area contributed by atoms with E-state index >= 15 is 0 Å². The molecule has 1 fully saturated rings. The van der Waals surface area contributed by atoms with Crippen LogP contribution in [0.4, 0.5) is 0 Å². The molecule has 2 atom stereocenters. The molecule has 1 heterocycles. The average molecular weight is 278 g/mol. The molecule has 1 aliphatic heterocycles. The molecule has 0 radical (unpaired) electrons. The monoisotopic (exact) mass is 277 g/mol. The lowest BCUT2D eigenvalue weighted by molar-refractivity contribution is 0.171. The zero-order valence-electron chi connectivity index (χ0n) is 11.7. The van der Waals surface area contributed by atoms with Gasteiger partial charge in [0.15, 0.2) is 0 Å². The summed E-state index contributed by atoms with van der Waals surface area (Å²) >= 11 is 6.04. The highest BCUT2D eigenvalue weighted by Gasteiger charge is 2.25. The Balaban J connectivity index is 1.67. The lowest BCUT2D eigenvalue weighted by Gasteiger charge is -2.36. The van der Waals surface area contributed by atoms with E-state index < -0.39 is 0 Å².